The van der Waals surface area contributed by atoms with Crippen molar-refractivity contribution >= 4 is 40.9 Å². The van der Waals surface area contributed by atoms with Crippen LogP contribution in [-0.4, -0.2) is 30.1 Å². The maximum Gasteiger partial charge on any atom is 0.353 e. The molecule has 0 atom stereocenters. The molecule has 32 heavy (non-hydrogen) atoms. The van der Waals surface area contributed by atoms with Crippen LogP contribution in [0.1, 0.15) is 25.6 Å². The third-order valence-corrected chi connectivity index (χ3v) is 5.04. The van der Waals surface area contributed by atoms with Gasteiger partial charge in [0.15, 0.2) is 11.5 Å². The lowest BCUT2D eigenvalue weighted by Crippen LogP contribution is -2.16. The van der Waals surface area contributed by atoms with Crippen molar-refractivity contribution in [2.75, 3.05) is 12.4 Å². The van der Waals surface area contributed by atoms with Gasteiger partial charge in [-0.05, 0) is 47.4 Å². The topological polar surface area (TPSA) is 126 Å². The van der Waals surface area contributed by atoms with E-state index in [9.17, 15) is 24.8 Å². The average molecular weight is 448 g/mol. The fraction of sp³-hybridized carbons (Fsp3) is 0.0435. The summed E-state index contributed by atoms with van der Waals surface area (Å²) in [6.45, 7) is 0. The number of carbonyl (C=O) groups is 3. The van der Waals surface area contributed by atoms with Crippen LogP contribution >= 0.6 is 11.3 Å². The number of hydrogen-bond donors (Lipinski definition) is 2. The van der Waals surface area contributed by atoms with E-state index in [4.69, 9.17) is 9.47 Å². The Balaban J connectivity index is 1.82. The highest BCUT2D eigenvalue weighted by Gasteiger charge is 2.16. The molecule has 3 rings (SSSR count). The van der Waals surface area contributed by atoms with Crippen molar-refractivity contribution in [3.05, 3.63) is 81.6 Å². The van der Waals surface area contributed by atoms with Crippen molar-refractivity contribution in [3.63, 3.8) is 0 Å². The van der Waals surface area contributed by atoms with Crippen molar-refractivity contribution in [2.24, 2.45) is 0 Å². The Morgan fingerprint density at radius 2 is 1.88 bits per heavy atom. The van der Waals surface area contributed by atoms with Crippen molar-refractivity contribution in [2.45, 2.75) is 0 Å². The summed E-state index contributed by atoms with van der Waals surface area (Å²) in [5, 5.41) is 22.9. The van der Waals surface area contributed by atoms with E-state index in [1.54, 1.807) is 35.7 Å². The van der Waals surface area contributed by atoms with Gasteiger partial charge in [-0.1, -0.05) is 24.3 Å². The minimum Gasteiger partial charge on any atom is -0.493 e. The molecule has 3 aromatic rings. The molecule has 0 fully saturated rings. The molecule has 0 saturated carbocycles. The number of methoxy groups -OCH3 is 1. The molecule has 0 bridgehead atoms. The van der Waals surface area contributed by atoms with E-state index in [1.807, 2.05) is 0 Å². The lowest BCUT2D eigenvalue weighted by molar-refractivity contribution is -0.112. The van der Waals surface area contributed by atoms with Crippen molar-refractivity contribution in [1.82, 2.24) is 0 Å². The molecule has 160 valence electrons. The van der Waals surface area contributed by atoms with E-state index in [2.05, 4.69) is 5.32 Å². The first kappa shape index (κ1) is 22.3. The van der Waals surface area contributed by atoms with Crippen LogP contribution in [-0.2, 0) is 4.79 Å². The number of esters is 1. The molecule has 2 N–H and O–H groups in total. The molecule has 0 spiro atoms. The highest BCUT2D eigenvalue weighted by molar-refractivity contribution is 7.12. The quantitative estimate of drug-likeness (QED) is 0.240. The molecule has 8 nitrogen and oxygen atoms in total. The average Bonchev–Trinajstić information content (AvgIpc) is 3.33. The first-order valence-electron chi connectivity index (χ1n) is 9.12. The molecular formula is C23H16N2O6S. The summed E-state index contributed by atoms with van der Waals surface area (Å²) < 4.78 is 10.6. The molecule has 0 radical (unpaired) electrons. The molecule has 0 aliphatic carbocycles. The molecule has 0 saturated heterocycles. The van der Waals surface area contributed by atoms with Crippen LogP contribution in [0.3, 0.4) is 0 Å². The molecule has 0 aliphatic heterocycles. The Hall–Kier alpha value is -4.42. The van der Waals surface area contributed by atoms with Gasteiger partial charge in [-0.15, -0.1) is 11.3 Å². The second-order valence-electron chi connectivity index (χ2n) is 6.25. The molecule has 1 amide bonds. The number of aromatic carboxylic acids is 1. The highest BCUT2D eigenvalue weighted by atomic mass is 32.1. The summed E-state index contributed by atoms with van der Waals surface area (Å²) >= 11 is 1.24. The zero-order chi connectivity index (χ0) is 23.1. The van der Waals surface area contributed by atoms with Gasteiger partial charge in [0.25, 0.3) is 5.91 Å². The Labute approximate surface area is 186 Å². The van der Waals surface area contributed by atoms with Crippen LogP contribution in [0, 0.1) is 11.3 Å². The molecule has 0 aliphatic rings. The largest absolute Gasteiger partial charge is 0.493 e. The SMILES string of the molecule is COc1cc(/C=C(\C#N)C(=O)Nc2ccccc2C(=O)O)ccc1OC(=O)c1cccs1. The monoisotopic (exact) mass is 448 g/mol. The Morgan fingerprint density at radius 1 is 1.09 bits per heavy atom. The van der Waals surface area contributed by atoms with Gasteiger partial charge in [-0.2, -0.15) is 5.26 Å². The summed E-state index contributed by atoms with van der Waals surface area (Å²) in [4.78, 5) is 36.4. The number of para-hydroxylation sites is 1. The highest BCUT2D eigenvalue weighted by Crippen LogP contribution is 2.30. The number of benzene rings is 2. The van der Waals surface area contributed by atoms with Crippen LogP contribution in [0.2, 0.25) is 0 Å². The molecule has 1 aromatic heterocycles. The van der Waals surface area contributed by atoms with Crippen LogP contribution in [0.25, 0.3) is 6.08 Å². The summed E-state index contributed by atoms with van der Waals surface area (Å²) in [5.74, 6) is -2.09. The summed E-state index contributed by atoms with van der Waals surface area (Å²) in [7, 11) is 1.39. The third kappa shape index (κ3) is 5.19. The molecule has 1 heterocycles. The fourth-order valence-electron chi connectivity index (χ4n) is 2.69. The molecular weight excluding hydrogens is 432 g/mol. The number of nitrogens with one attached hydrogen (secondary N) is 1. The van der Waals surface area contributed by atoms with E-state index < -0.39 is 17.8 Å². The number of ether oxygens (including phenoxy) is 2. The maximum absolute atomic E-state index is 12.5. The van der Waals surface area contributed by atoms with Crippen LogP contribution in [0.4, 0.5) is 5.69 Å². The number of thiophene rings is 1. The van der Waals surface area contributed by atoms with Crippen LogP contribution in [0.15, 0.2) is 65.6 Å². The molecule has 9 heteroatoms. The minimum atomic E-state index is -1.21. The van der Waals surface area contributed by atoms with Gasteiger partial charge >= 0.3 is 11.9 Å². The number of anilines is 1. The lowest BCUT2D eigenvalue weighted by Gasteiger charge is -2.10. The van der Waals surface area contributed by atoms with Crippen molar-refractivity contribution < 1.29 is 29.0 Å². The zero-order valence-corrected chi connectivity index (χ0v) is 17.5. The molecule has 2 aromatic carbocycles. The van der Waals surface area contributed by atoms with Crippen molar-refractivity contribution in [3.8, 4) is 17.6 Å². The summed E-state index contributed by atoms with van der Waals surface area (Å²) in [5.41, 5.74) is 0.155. The van der Waals surface area contributed by atoms with Crippen molar-refractivity contribution in [1.29, 1.82) is 5.26 Å². The minimum absolute atomic E-state index is 0.0690. The Morgan fingerprint density at radius 3 is 2.53 bits per heavy atom. The van der Waals surface area contributed by atoms with E-state index in [0.717, 1.165) is 0 Å². The maximum atomic E-state index is 12.5. The zero-order valence-electron chi connectivity index (χ0n) is 16.7. The van der Waals surface area contributed by atoms with Crippen LogP contribution in [0.5, 0.6) is 11.5 Å². The number of nitriles is 1. The fourth-order valence-corrected chi connectivity index (χ4v) is 3.29. The number of nitrogens with zero attached hydrogens (tertiary/aromatic N) is 1. The standard InChI is InChI=1S/C23H16N2O6S/c1-30-19-12-14(8-9-18(19)31-23(29)20-7-4-10-32-20)11-15(13-24)21(26)25-17-6-3-2-5-16(17)22(27)28/h2-12H,1H3,(H,25,26)(H,27,28)/b15-11+. The van der Waals surface area contributed by atoms with Gasteiger partial charge in [0, 0.05) is 0 Å². The second-order valence-corrected chi connectivity index (χ2v) is 7.20. The van der Waals surface area contributed by atoms with Gasteiger partial charge in [0.05, 0.1) is 18.4 Å². The Bertz CT molecular complexity index is 1240. The first-order valence-corrected chi connectivity index (χ1v) is 10.00. The first-order chi connectivity index (χ1) is 15.4. The molecule has 0 unspecified atom stereocenters. The van der Waals surface area contributed by atoms with E-state index in [1.165, 1.54) is 54.9 Å². The number of amides is 1. The third-order valence-electron chi connectivity index (χ3n) is 4.19. The Kier molecular flexibility index (Phi) is 7.00. The van der Waals surface area contributed by atoms with Gasteiger partial charge in [0.2, 0.25) is 0 Å². The number of carbonyl (C=O) groups excluding carboxylic acids is 2. The lowest BCUT2D eigenvalue weighted by atomic mass is 10.1. The summed E-state index contributed by atoms with van der Waals surface area (Å²) in [6, 6.07) is 15.6. The van der Waals surface area contributed by atoms with E-state index in [-0.39, 0.29) is 28.3 Å². The van der Waals surface area contributed by atoms with Gasteiger partial charge in [-0.25, -0.2) is 9.59 Å². The smallest absolute Gasteiger partial charge is 0.353 e. The van der Waals surface area contributed by atoms with Gasteiger partial charge < -0.3 is 19.9 Å². The summed E-state index contributed by atoms with van der Waals surface area (Å²) in [6.07, 6.45) is 1.31. The number of carboxylic acid groups (broad SMARTS) is 1. The van der Waals surface area contributed by atoms with E-state index >= 15 is 0 Å². The normalized spacial score (nSPS) is 10.7. The number of rotatable bonds is 7. The van der Waals surface area contributed by atoms with Crippen LogP contribution < -0.4 is 14.8 Å². The second kappa shape index (κ2) is 10.1. The van der Waals surface area contributed by atoms with E-state index in [0.29, 0.717) is 10.4 Å². The number of hydrogen-bond acceptors (Lipinski definition) is 7. The van der Waals surface area contributed by atoms with Gasteiger partial charge in [-0.3, -0.25) is 4.79 Å². The predicted octanol–water partition coefficient (Wildman–Crippen LogP) is 4.22. The van der Waals surface area contributed by atoms with Gasteiger partial charge in [0.1, 0.15) is 16.5 Å². The number of carboxylic acids is 1. The predicted molar refractivity (Wildman–Crippen MR) is 118 cm³/mol.